The summed E-state index contributed by atoms with van der Waals surface area (Å²) in [5.41, 5.74) is 1.20. The Morgan fingerprint density at radius 3 is 2.03 bits per heavy atom. The average Bonchev–Trinajstić information content (AvgIpc) is 2.99. The van der Waals surface area contributed by atoms with Crippen molar-refractivity contribution in [3.8, 4) is 0 Å². The molecule has 2 aliphatic rings. The van der Waals surface area contributed by atoms with Gasteiger partial charge < -0.3 is 4.74 Å². The van der Waals surface area contributed by atoms with E-state index in [4.69, 9.17) is 8.92 Å². The van der Waals surface area contributed by atoms with Crippen LogP contribution in [0.5, 0.6) is 0 Å². The molecule has 0 aromatic heterocycles. The first-order chi connectivity index (χ1) is 16.5. The SMILES string of the molecule is COC(=O)[C@H]1[C@@H](c2ccc(I)cc2)C[C@@H]2CC[C@H]1N2CCCOS(C)(=O)=O.CS(=O)(=O)OS(C)(=O)=O. The van der Waals surface area contributed by atoms with Crippen LogP contribution in [0.4, 0.5) is 0 Å². The second-order valence-electron chi connectivity index (χ2n) is 8.83. The number of rotatable bonds is 9. The predicted molar refractivity (Wildman–Crippen MR) is 142 cm³/mol. The molecule has 4 atom stereocenters. The molecule has 0 saturated carbocycles. The number of carbonyl (C=O) groups excluding carboxylic acids is 1. The van der Waals surface area contributed by atoms with Crippen molar-refractivity contribution >= 4 is 58.9 Å². The van der Waals surface area contributed by atoms with Gasteiger partial charge in [0.15, 0.2) is 0 Å². The van der Waals surface area contributed by atoms with Crippen LogP contribution in [-0.4, -0.2) is 87.2 Å². The van der Waals surface area contributed by atoms with Gasteiger partial charge in [-0.1, -0.05) is 12.1 Å². The Labute approximate surface area is 227 Å². The zero-order valence-corrected chi connectivity index (χ0v) is 25.1. The monoisotopic (exact) mass is 681 g/mol. The number of ether oxygens (including phenoxy) is 1. The molecule has 15 heteroatoms. The van der Waals surface area contributed by atoms with Gasteiger partial charge in [0.1, 0.15) is 0 Å². The molecule has 206 valence electrons. The van der Waals surface area contributed by atoms with Crippen molar-refractivity contribution in [2.75, 3.05) is 39.0 Å². The van der Waals surface area contributed by atoms with E-state index in [9.17, 15) is 30.0 Å². The Bertz CT molecular complexity index is 1190. The van der Waals surface area contributed by atoms with Crippen molar-refractivity contribution in [1.29, 1.82) is 0 Å². The van der Waals surface area contributed by atoms with Crippen LogP contribution in [0.1, 0.15) is 37.2 Å². The number of hydrogen-bond donors (Lipinski definition) is 0. The molecular weight excluding hydrogens is 649 g/mol. The average molecular weight is 682 g/mol. The lowest BCUT2D eigenvalue weighted by Crippen LogP contribution is -2.51. The predicted octanol–water partition coefficient (Wildman–Crippen LogP) is 1.69. The van der Waals surface area contributed by atoms with E-state index in [0.717, 1.165) is 32.1 Å². The number of benzene rings is 1. The minimum Gasteiger partial charge on any atom is -0.469 e. The van der Waals surface area contributed by atoms with Crippen LogP contribution >= 0.6 is 22.6 Å². The summed E-state index contributed by atoms with van der Waals surface area (Å²) in [7, 11) is -9.69. The van der Waals surface area contributed by atoms with Crippen LogP contribution in [0.3, 0.4) is 0 Å². The van der Waals surface area contributed by atoms with E-state index in [1.807, 2.05) is 0 Å². The zero-order valence-electron chi connectivity index (χ0n) is 20.5. The van der Waals surface area contributed by atoms with Gasteiger partial charge in [-0.25, -0.2) is 0 Å². The van der Waals surface area contributed by atoms with E-state index in [1.165, 1.54) is 16.2 Å². The van der Waals surface area contributed by atoms with E-state index in [0.29, 0.717) is 25.0 Å². The maximum Gasteiger partial charge on any atom is 0.310 e. The molecule has 36 heavy (non-hydrogen) atoms. The Morgan fingerprint density at radius 1 is 0.972 bits per heavy atom. The smallest absolute Gasteiger partial charge is 0.310 e. The zero-order chi connectivity index (χ0) is 27.3. The van der Waals surface area contributed by atoms with Crippen LogP contribution < -0.4 is 0 Å². The van der Waals surface area contributed by atoms with Gasteiger partial charge in [0, 0.05) is 28.1 Å². The molecule has 0 spiro atoms. The normalized spacial score (nSPS) is 24.6. The van der Waals surface area contributed by atoms with E-state index < -0.39 is 30.4 Å². The van der Waals surface area contributed by atoms with Gasteiger partial charge in [0.2, 0.25) is 0 Å². The highest BCUT2D eigenvalue weighted by atomic mass is 127. The second-order valence-corrected chi connectivity index (χ2v) is 15.1. The molecule has 0 amide bonds. The Hall–Kier alpha value is -0.850. The first-order valence-corrected chi connectivity index (χ1v) is 17.6. The highest BCUT2D eigenvalue weighted by Gasteiger charge is 2.50. The number of fused-ring (bicyclic) bond motifs is 2. The number of piperidine rings is 1. The largest absolute Gasteiger partial charge is 0.469 e. The summed E-state index contributed by atoms with van der Waals surface area (Å²) in [5, 5.41) is 0. The van der Waals surface area contributed by atoms with Crippen LogP contribution in [-0.2, 0) is 47.7 Å². The maximum atomic E-state index is 12.7. The molecule has 0 aliphatic carbocycles. The third-order valence-corrected chi connectivity index (χ3v) is 9.23. The summed E-state index contributed by atoms with van der Waals surface area (Å²) < 4.78 is 77.2. The highest BCUT2D eigenvalue weighted by molar-refractivity contribution is 14.1. The summed E-state index contributed by atoms with van der Waals surface area (Å²) in [6, 6.07) is 8.97. The Balaban J connectivity index is 0.000000434. The number of hydrogen-bond acceptors (Lipinski definition) is 11. The van der Waals surface area contributed by atoms with Gasteiger partial charge in [-0.3, -0.25) is 13.9 Å². The van der Waals surface area contributed by atoms with Crippen molar-refractivity contribution in [1.82, 2.24) is 4.90 Å². The van der Waals surface area contributed by atoms with E-state index in [-0.39, 0.29) is 30.5 Å². The van der Waals surface area contributed by atoms with Gasteiger partial charge in [0.25, 0.3) is 30.4 Å². The molecule has 0 N–H and O–H groups in total. The summed E-state index contributed by atoms with van der Waals surface area (Å²) >= 11 is 2.29. The van der Waals surface area contributed by atoms with Crippen LogP contribution in [0.25, 0.3) is 0 Å². The van der Waals surface area contributed by atoms with E-state index in [1.54, 1.807) is 0 Å². The molecule has 2 bridgehead atoms. The number of carbonyl (C=O) groups is 1. The molecule has 1 aromatic carbocycles. The molecule has 2 aliphatic heterocycles. The molecule has 2 fully saturated rings. The number of methoxy groups -OCH3 is 1. The van der Waals surface area contributed by atoms with Crippen LogP contribution in [0, 0.1) is 9.49 Å². The molecular formula is C21H32INO10S3. The van der Waals surface area contributed by atoms with Gasteiger partial charge >= 0.3 is 5.97 Å². The fourth-order valence-corrected chi connectivity index (χ4v) is 7.43. The lowest BCUT2D eigenvalue weighted by Gasteiger charge is -2.43. The summed E-state index contributed by atoms with van der Waals surface area (Å²) in [5.74, 6) is -0.179. The fraction of sp³-hybridized carbons (Fsp3) is 0.667. The molecule has 0 radical (unpaired) electrons. The second kappa shape index (κ2) is 12.8. The first kappa shape index (κ1) is 31.4. The molecule has 0 unspecified atom stereocenters. The Kier molecular flexibility index (Phi) is 11.2. The summed E-state index contributed by atoms with van der Waals surface area (Å²) in [6.45, 7) is 0.913. The van der Waals surface area contributed by atoms with Crippen molar-refractivity contribution in [3.63, 3.8) is 0 Å². The molecule has 11 nitrogen and oxygen atoms in total. The molecule has 3 rings (SSSR count). The minimum absolute atomic E-state index is 0.138. The van der Waals surface area contributed by atoms with Crippen molar-refractivity contribution in [2.24, 2.45) is 5.92 Å². The third-order valence-electron chi connectivity index (χ3n) is 5.94. The van der Waals surface area contributed by atoms with E-state index >= 15 is 0 Å². The topological polar surface area (TPSA) is 150 Å². The standard InChI is InChI=1S/C19H26INO5S.C2H6O5S2/c1-25-19(22)18-16(13-4-6-14(20)7-5-13)12-15-8-9-17(18)21(15)10-3-11-26-27(2,23)24;1-8(3,4)7-9(2,5)6/h4-7,15-18H,3,8-12H2,1-2H3;1-2H3/t15-,16+,17+,18-;/m0./s1. The quantitative estimate of drug-likeness (QED) is 0.162. The van der Waals surface area contributed by atoms with Crippen LogP contribution in [0.2, 0.25) is 0 Å². The van der Waals surface area contributed by atoms with Crippen molar-refractivity contribution in [2.45, 2.75) is 43.7 Å². The number of nitrogens with zero attached hydrogens (tertiary/aromatic N) is 1. The fourth-order valence-electron chi connectivity index (χ4n) is 4.85. The van der Waals surface area contributed by atoms with E-state index in [2.05, 4.69) is 55.4 Å². The molecule has 2 saturated heterocycles. The van der Waals surface area contributed by atoms with Gasteiger partial charge in [-0.2, -0.15) is 25.3 Å². The Morgan fingerprint density at radius 2 is 1.56 bits per heavy atom. The molecule has 2 heterocycles. The van der Waals surface area contributed by atoms with Gasteiger partial charge in [-0.15, -0.1) is 3.63 Å². The van der Waals surface area contributed by atoms with Crippen molar-refractivity contribution < 1.29 is 42.6 Å². The lowest BCUT2D eigenvalue weighted by atomic mass is 9.76. The highest BCUT2D eigenvalue weighted by Crippen LogP contribution is 2.47. The maximum absolute atomic E-state index is 12.7. The summed E-state index contributed by atoms with van der Waals surface area (Å²) in [6.07, 6.45) is 5.97. The summed E-state index contributed by atoms with van der Waals surface area (Å²) in [4.78, 5) is 15.0. The van der Waals surface area contributed by atoms with Crippen LogP contribution in [0.15, 0.2) is 24.3 Å². The lowest BCUT2D eigenvalue weighted by molar-refractivity contribution is -0.150. The third kappa shape index (κ3) is 10.1. The first-order valence-electron chi connectivity index (χ1n) is 11.0. The van der Waals surface area contributed by atoms with Gasteiger partial charge in [-0.05, 0) is 66.0 Å². The number of halogens is 1. The van der Waals surface area contributed by atoms with Gasteiger partial charge in [0.05, 0.1) is 38.4 Å². The minimum atomic E-state index is -3.87. The molecule has 1 aromatic rings. The van der Waals surface area contributed by atoms with Crippen molar-refractivity contribution in [3.05, 3.63) is 33.4 Å². The number of esters is 1.